The number of aliphatic hydroxyl groups is 2. The van der Waals surface area contributed by atoms with Crippen LogP contribution < -0.4 is 15.2 Å². The maximum atomic E-state index is 10.9. The van der Waals surface area contributed by atoms with Crippen LogP contribution in [-0.4, -0.2) is 88.0 Å². The summed E-state index contributed by atoms with van der Waals surface area (Å²) in [6.07, 6.45) is -2.13. The fourth-order valence-electron chi connectivity index (χ4n) is 4.07. The molecule has 0 aliphatic heterocycles. The van der Waals surface area contributed by atoms with E-state index < -0.39 is 34.7 Å². The lowest BCUT2D eigenvalue weighted by atomic mass is 10.2. The summed E-state index contributed by atoms with van der Waals surface area (Å²) in [5.74, 6) is 2.07. The molecule has 0 saturated heterocycles. The van der Waals surface area contributed by atoms with Crippen molar-refractivity contribution in [2.24, 2.45) is 5.14 Å². The Morgan fingerprint density at radius 1 is 1.18 bits per heavy atom. The number of benzene rings is 1. The molecule has 3 aromatic rings. The number of rotatable bonds is 13. The standard InChI is InChI=1S/C22H31N7O7S2/c1-3-10-37-22-25-20(24-12-13-4-6-14(34-2)7-5-13)17-21(26-22)29(28-27-17)15-11-16(19(31)18(15)30)35-8-9-36-38(23,32)33/h4-7,15-16,18-19,30-31H,3,8-12H2,1-2H3,(H2,23,32,33)(H,24,25,26)/t15-,16+,18+,19-/m0/s1. The molecule has 1 aromatic carbocycles. The number of ether oxygens (including phenoxy) is 2. The summed E-state index contributed by atoms with van der Waals surface area (Å²) in [6, 6.07) is 6.94. The van der Waals surface area contributed by atoms with Gasteiger partial charge in [-0.15, -0.1) is 5.10 Å². The van der Waals surface area contributed by atoms with Crippen LogP contribution in [0.2, 0.25) is 0 Å². The molecule has 1 aliphatic carbocycles. The summed E-state index contributed by atoms with van der Waals surface area (Å²) in [7, 11) is -2.49. The Kier molecular flexibility index (Phi) is 9.35. The molecule has 0 amide bonds. The van der Waals surface area contributed by atoms with E-state index in [4.69, 9.17) is 14.6 Å². The number of nitrogens with zero attached hydrogens (tertiary/aromatic N) is 5. The number of aliphatic hydroxyl groups excluding tert-OH is 2. The van der Waals surface area contributed by atoms with Crippen LogP contribution in [0.25, 0.3) is 11.2 Å². The summed E-state index contributed by atoms with van der Waals surface area (Å²) in [5.41, 5.74) is 1.84. The molecule has 1 aliphatic rings. The van der Waals surface area contributed by atoms with Gasteiger partial charge in [0.15, 0.2) is 22.1 Å². The van der Waals surface area contributed by atoms with Crippen molar-refractivity contribution in [2.75, 3.05) is 31.4 Å². The molecule has 208 valence electrons. The van der Waals surface area contributed by atoms with Crippen LogP contribution >= 0.6 is 11.8 Å². The van der Waals surface area contributed by atoms with Gasteiger partial charge in [0.25, 0.3) is 0 Å². The van der Waals surface area contributed by atoms with Crippen molar-refractivity contribution in [3.05, 3.63) is 29.8 Å². The van der Waals surface area contributed by atoms with Crippen LogP contribution in [-0.2, 0) is 25.8 Å². The molecule has 0 bridgehead atoms. The highest BCUT2D eigenvalue weighted by Gasteiger charge is 2.44. The average molecular weight is 570 g/mol. The summed E-state index contributed by atoms with van der Waals surface area (Å²) >= 11 is 1.49. The zero-order valence-electron chi connectivity index (χ0n) is 20.9. The molecule has 1 saturated carbocycles. The average Bonchev–Trinajstić information content (AvgIpc) is 3.44. The van der Waals surface area contributed by atoms with Crippen LogP contribution in [0.4, 0.5) is 5.82 Å². The van der Waals surface area contributed by atoms with E-state index in [1.165, 1.54) is 16.4 Å². The van der Waals surface area contributed by atoms with E-state index in [9.17, 15) is 18.6 Å². The van der Waals surface area contributed by atoms with Gasteiger partial charge in [0, 0.05) is 18.7 Å². The largest absolute Gasteiger partial charge is 0.497 e. The van der Waals surface area contributed by atoms with Gasteiger partial charge in [0.1, 0.15) is 18.0 Å². The first-order valence-electron chi connectivity index (χ1n) is 12.0. The third-order valence-electron chi connectivity index (χ3n) is 5.93. The summed E-state index contributed by atoms with van der Waals surface area (Å²) in [6.45, 7) is 2.07. The van der Waals surface area contributed by atoms with Crippen molar-refractivity contribution in [3.8, 4) is 5.75 Å². The Hall–Kier alpha value is -2.60. The first kappa shape index (κ1) is 28.4. The van der Waals surface area contributed by atoms with Gasteiger partial charge in [-0.1, -0.05) is 36.0 Å². The number of hydrogen-bond acceptors (Lipinski definition) is 13. The molecule has 1 fully saturated rings. The number of methoxy groups -OCH3 is 1. The predicted octanol–water partition coefficient (Wildman–Crippen LogP) is 0.616. The lowest BCUT2D eigenvalue weighted by molar-refractivity contribution is -0.0612. The van der Waals surface area contributed by atoms with Gasteiger partial charge in [-0.25, -0.2) is 19.8 Å². The van der Waals surface area contributed by atoms with E-state index in [2.05, 4.69) is 36.7 Å². The molecule has 38 heavy (non-hydrogen) atoms. The molecule has 0 spiro atoms. The minimum atomic E-state index is -4.10. The quantitative estimate of drug-likeness (QED) is 0.127. The molecule has 0 radical (unpaired) electrons. The molecular formula is C22H31N7O7S2. The molecule has 0 unspecified atom stereocenters. The van der Waals surface area contributed by atoms with Crippen molar-refractivity contribution in [2.45, 2.75) is 55.8 Å². The zero-order valence-corrected chi connectivity index (χ0v) is 22.6. The third-order valence-corrected chi connectivity index (χ3v) is 7.48. The van der Waals surface area contributed by atoms with Crippen molar-refractivity contribution >= 4 is 39.0 Å². The number of anilines is 1. The van der Waals surface area contributed by atoms with Gasteiger partial charge in [-0.05, 0) is 24.1 Å². The van der Waals surface area contributed by atoms with E-state index in [1.54, 1.807) is 7.11 Å². The van der Waals surface area contributed by atoms with Crippen LogP contribution in [0.15, 0.2) is 29.4 Å². The zero-order chi connectivity index (χ0) is 27.3. The smallest absolute Gasteiger partial charge is 0.333 e. The number of nitrogens with one attached hydrogen (secondary N) is 1. The van der Waals surface area contributed by atoms with Crippen LogP contribution in [0.1, 0.15) is 31.4 Å². The van der Waals surface area contributed by atoms with E-state index in [1.807, 2.05) is 24.3 Å². The second-order valence-corrected chi connectivity index (χ2v) is 10.9. The van der Waals surface area contributed by atoms with E-state index >= 15 is 0 Å². The number of nitrogens with two attached hydrogens (primary N) is 1. The Bertz CT molecular complexity index is 1320. The van der Waals surface area contributed by atoms with Crippen molar-refractivity contribution in [1.29, 1.82) is 0 Å². The van der Waals surface area contributed by atoms with Gasteiger partial charge in [0.05, 0.1) is 32.5 Å². The maximum Gasteiger partial charge on any atom is 0.333 e. The van der Waals surface area contributed by atoms with Crippen molar-refractivity contribution < 1.29 is 32.3 Å². The Balaban J connectivity index is 1.55. The van der Waals surface area contributed by atoms with Crippen LogP contribution in [0.5, 0.6) is 5.75 Å². The molecule has 2 aromatic heterocycles. The highest BCUT2D eigenvalue weighted by molar-refractivity contribution is 7.99. The second kappa shape index (κ2) is 12.5. The minimum absolute atomic E-state index is 0.144. The Labute approximate surface area is 224 Å². The predicted molar refractivity (Wildman–Crippen MR) is 139 cm³/mol. The fourth-order valence-corrected chi connectivity index (χ4v) is 5.06. The molecule has 2 heterocycles. The first-order chi connectivity index (χ1) is 18.2. The SMILES string of the molecule is CCCSc1nc(NCc2ccc(OC)cc2)c2nnn([C@H]3C[C@@H](OCCOS(N)(=O)=O)[C@H](O)[C@@H]3O)c2n1. The topological polar surface area (TPSA) is 197 Å². The fraction of sp³-hybridized carbons (Fsp3) is 0.545. The molecule has 16 heteroatoms. The van der Waals surface area contributed by atoms with Crippen molar-refractivity contribution in [1.82, 2.24) is 25.0 Å². The van der Waals surface area contributed by atoms with Gasteiger partial charge in [0.2, 0.25) is 0 Å². The normalized spacial score (nSPS) is 21.7. The van der Waals surface area contributed by atoms with Crippen molar-refractivity contribution in [3.63, 3.8) is 0 Å². The van der Waals surface area contributed by atoms with Gasteiger partial charge >= 0.3 is 10.3 Å². The summed E-state index contributed by atoms with van der Waals surface area (Å²) in [4.78, 5) is 9.28. The first-order valence-corrected chi connectivity index (χ1v) is 14.4. The van der Waals surface area contributed by atoms with E-state index in [0.29, 0.717) is 28.7 Å². The van der Waals surface area contributed by atoms with Crippen LogP contribution in [0.3, 0.4) is 0 Å². The van der Waals surface area contributed by atoms with Gasteiger partial charge in [-0.3, -0.25) is 4.18 Å². The Morgan fingerprint density at radius 3 is 2.63 bits per heavy atom. The second-order valence-electron chi connectivity index (χ2n) is 8.62. The number of hydrogen-bond donors (Lipinski definition) is 4. The summed E-state index contributed by atoms with van der Waals surface area (Å²) in [5, 5.41) is 38.5. The van der Waals surface area contributed by atoms with E-state index in [-0.39, 0.29) is 19.6 Å². The number of fused-ring (bicyclic) bond motifs is 1. The van der Waals surface area contributed by atoms with E-state index in [0.717, 1.165) is 23.5 Å². The molecule has 4 atom stereocenters. The van der Waals surface area contributed by atoms with Gasteiger partial charge in [-0.2, -0.15) is 8.42 Å². The minimum Gasteiger partial charge on any atom is -0.497 e. The number of thioether (sulfide) groups is 1. The lowest BCUT2D eigenvalue weighted by Crippen LogP contribution is -2.33. The molecule has 14 nitrogen and oxygen atoms in total. The summed E-state index contributed by atoms with van der Waals surface area (Å²) < 4.78 is 38.5. The lowest BCUT2D eigenvalue weighted by Gasteiger charge is -2.17. The highest BCUT2D eigenvalue weighted by atomic mass is 32.2. The van der Waals surface area contributed by atoms with Gasteiger partial charge < -0.3 is 25.0 Å². The molecule has 5 N–H and O–H groups in total. The van der Waals surface area contributed by atoms with Crippen LogP contribution in [0, 0.1) is 0 Å². The molecule has 4 rings (SSSR count). The highest BCUT2D eigenvalue weighted by Crippen LogP contribution is 2.35. The number of aromatic nitrogens is 5. The molecular weight excluding hydrogens is 538 g/mol. The maximum absolute atomic E-state index is 10.9. The third kappa shape index (κ3) is 6.88. The monoisotopic (exact) mass is 569 g/mol. The Morgan fingerprint density at radius 2 is 1.95 bits per heavy atom.